The molecule has 6 nitrogen and oxygen atoms in total. The average Bonchev–Trinajstić information content (AvgIpc) is 3.29. The summed E-state index contributed by atoms with van der Waals surface area (Å²) in [5.41, 5.74) is 5.94. The van der Waals surface area contributed by atoms with Crippen molar-refractivity contribution in [3.8, 4) is 17.3 Å². The predicted octanol–water partition coefficient (Wildman–Crippen LogP) is 3.49. The summed E-state index contributed by atoms with van der Waals surface area (Å²) in [5.74, 6) is 0.0101. The maximum Gasteiger partial charge on any atom is 0.219 e. The van der Waals surface area contributed by atoms with Crippen molar-refractivity contribution >= 4 is 17.5 Å². The molecule has 1 aromatic heterocycles. The van der Waals surface area contributed by atoms with Crippen molar-refractivity contribution in [3.63, 3.8) is 0 Å². The molecule has 2 heterocycles. The molecule has 7 heteroatoms. The number of aliphatic hydroxyl groups excluding tert-OH is 1. The van der Waals surface area contributed by atoms with E-state index < -0.39 is 6.10 Å². The summed E-state index contributed by atoms with van der Waals surface area (Å²) in [6.45, 7) is 2.60. The standard InChI is InChI=1S/C24H21ClN4O2/c1-14(30)28-9-8-21-20(13-28)23(18-5-3-2-4-16(18)12-26)27-29(21)24-19-11-17(25)7-6-15(19)10-22(24)31/h2-7,11,22,24,31H,8-10,13H2,1H3/t22-,24-/m1/s1. The lowest BCUT2D eigenvalue weighted by atomic mass is 9.97. The van der Waals surface area contributed by atoms with Crippen LogP contribution >= 0.6 is 11.6 Å². The van der Waals surface area contributed by atoms with Crippen LogP contribution in [0.4, 0.5) is 0 Å². The fourth-order valence-corrected chi connectivity index (χ4v) is 4.99. The number of aliphatic hydroxyl groups is 1. The first-order valence-corrected chi connectivity index (χ1v) is 10.7. The predicted molar refractivity (Wildman–Crippen MR) is 116 cm³/mol. The average molecular weight is 433 g/mol. The number of nitrogens with zero attached hydrogens (tertiary/aromatic N) is 4. The highest BCUT2D eigenvalue weighted by Gasteiger charge is 2.37. The summed E-state index contributed by atoms with van der Waals surface area (Å²) in [7, 11) is 0. The molecule has 1 amide bonds. The van der Waals surface area contributed by atoms with Gasteiger partial charge in [-0.2, -0.15) is 10.4 Å². The van der Waals surface area contributed by atoms with Gasteiger partial charge in [-0.1, -0.05) is 35.9 Å². The molecule has 31 heavy (non-hydrogen) atoms. The smallest absolute Gasteiger partial charge is 0.219 e. The fourth-order valence-electron chi connectivity index (χ4n) is 4.81. The molecule has 0 saturated heterocycles. The minimum atomic E-state index is -0.623. The van der Waals surface area contributed by atoms with Crippen molar-refractivity contribution in [2.24, 2.45) is 0 Å². The quantitative estimate of drug-likeness (QED) is 0.672. The number of benzene rings is 2. The van der Waals surface area contributed by atoms with Crippen LogP contribution < -0.4 is 0 Å². The van der Waals surface area contributed by atoms with Gasteiger partial charge in [-0.15, -0.1) is 0 Å². The van der Waals surface area contributed by atoms with Crippen LogP contribution in [0.2, 0.25) is 5.02 Å². The summed E-state index contributed by atoms with van der Waals surface area (Å²) < 4.78 is 1.91. The molecule has 1 aliphatic carbocycles. The van der Waals surface area contributed by atoms with E-state index >= 15 is 0 Å². The molecular formula is C24H21ClN4O2. The number of aromatic nitrogens is 2. The Bertz CT molecular complexity index is 1240. The van der Waals surface area contributed by atoms with E-state index in [0.29, 0.717) is 42.2 Å². The van der Waals surface area contributed by atoms with E-state index in [0.717, 1.165) is 27.9 Å². The number of hydrogen-bond donors (Lipinski definition) is 1. The first kappa shape index (κ1) is 19.8. The SMILES string of the molecule is CC(=O)N1CCc2c(c(-c3ccccc3C#N)nn2[C@@H]2c3cc(Cl)ccc3C[C@H]2O)C1. The third kappa shape index (κ3) is 3.21. The molecule has 3 aromatic rings. The molecule has 0 saturated carbocycles. The third-order valence-electron chi connectivity index (χ3n) is 6.32. The lowest BCUT2D eigenvalue weighted by Gasteiger charge is -2.28. The summed E-state index contributed by atoms with van der Waals surface area (Å²) in [4.78, 5) is 13.9. The Balaban J connectivity index is 1.72. The Kier molecular flexibility index (Phi) is 4.81. The Labute approximate surface area is 185 Å². The van der Waals surface area contributed by atoms with E-state index in [1.165, 1.54) is 0 Å². The zero-order valence-electron chi connectivity index (χ0n) is 17.0. The van der Waals surface area contributed by atoms with Crippen LogP contribution in [0.25, 0.3) is 11.3 Å². The first-order valence-electron chi connectivity index (χ1n) is 10.3. The molecule has 0 spiro atoms. The van der Waals surface area contributed by atoms with Crippen LogP contribution in [0.3, 0.4) is 0 Å². The topological polar surface area (TPSA) is 82.2 Å². The molecule has 2 aromatic carbocycles. The van der Waals surface area contributed by atoms with Gasteiger partial charge in [0.1, 0.15) is 6.04 Å². The number of amides is 1. The van der Waals surface area contributed by atoms with Crippen molar-refractivity contribution in [1.82, 2.24) is 14.7 Å². The largest absolute Gasteiger partial charge is 0.390 e. The Hall–Kier alpha value is -3.14. The molecular weight excluding hydrogens is 412 g/mol. The number of fused-ring (bicyclic) bond motifs is 2. The molecule has 0 bridgehead atoms. The van der Waals surface area contributed by atoms with Crippen LogP contribution in [-0.4, -0.2) is 38.3 Å². The minimum Gasteiger partial charge on any atom is -0.390 e. The Morgan fingerprint density at radius 2 is 2.10 bits per heavy atom. The van der Waals surface area contributed by atoms with Crippen LogP contribution in [0.5, 0.6) is 0 Å². The minimum absolute atomic E-state index is 0.0101. The zero-order chi connectivity index (χ0) is 21.7. The van der Waals surface area contributed by atoms with Gasteiger partial charge in [0.25, 0.3) is 0 Å². The summed E-state index contributed by atoms with van der Waals surface area (Å²) in [6.07, 6.45) is 0.549. The number of nitriles is 1. The highest BCUT2D eigenvalue weighted by Crippen LogP contribution is 2.40. The van der Waals surface area contributed by atoms with Crippen LogP contribution in [-0.2, 0) is 24.2 Å². The Morgan fingerprint density at radius 1 is 1.29 bits per heavy atom. The normalized spacial score (nSPS) is 19.6. The molecule has 156 valence electrons. The van der Waals surface area contributed by atoms with Gasteiger partial charge in [-0.25, -0.2) is 0 Å². The monoisotopic (exact) mass is 432 g/mol. The van der Waals surface area contributed by atoms with Crippen LogP contribution in [0.1, 0.15) is 40.9 Å². The number of carbonyl (C=O) groups is 1. The van der Waals surface area contributed by atoms with Crippen molar-refractivity contribution in [2.45, 2.75) is 38.5 Å². The van der Waals surface area contributed by atoms with E-state index in [9.17, 15) is 15.2 Å². The number of carbonyl (C=O) groups excluding carboxylic acids is 1. The molecule has 0 radical (unpaired) electrons. The van der Waals surface area contributed by atoms with Gasteiger partial charge in [0.15, 0.2) is 0 Å². The second-order valence-electron chi connectivity index (χ2n) is 8.13. The maximum atomic E-state index is 12.1. The van der Waals surface area contributed by atoms with Gasteiger partial charge >= 0.3 is 0 Å². The van der Waals surface area contributed by atoms with E-state index in [2.05, 4.69) is 6.07 Å². The van der Waals surface area contributed by atoms with Crippen molar-refractivity contribution in [2.75, 3.05) is 6.54 Å². The molecule has 2 aliphatic rings. The van der Waals surface area contributed by atoms with E-state index in [4.69, 9.17) is 16.7 Å². The lowest BCUT2D eigenvalue weighted by molar-refractivity contribution is -0.129. The van der Waals surface area contributed by atoms with Gasteiger partial charge in [-0.3, -0.25) is 9.48 Å². The molecule has 0 fully saturated rings. The van der Waals surface area contributed by atoms with Crippen LogP contribution in [0, 0.1) is 11.3 Å². The second kappa shape index (κ2) is 7.52. The van der Waals surface area contributed by atoms with Crippen molar-refractivity contribution in [1.29, 1.82) is 5.26 Å². The molecule has 2 atom stereocenters. The van der Waals surface area contributed by atoms with Gasteiger partial charge < -0.3 is 10.0 Å². The van der Waals surface area contributed by atoms with Gasteiger partial charge in [0, 0.05) is 54.7 Å². The first-order chi connectivity index (χ1) is 15.0. The second-order valence-corrected chi connectivity index (χ2v) is 8.56. The summed E-state index contributed by atoms with van der Waals surface area (Å²) in [6, 6.07) is 15.0. The third-order valence-corrected chi connectivity index (χ3v) is 6.55. The highest BCUT2D eigenvalue weighted by atomic mass is 35.5. The number of halogens is 1. The Morgan fingerprint density at radius 3 is 2.87 bits per heavy atom. The summed E-state index contributed by atoms with van der Waals surface area (Å²) in [5, 5.41) is 26.2. The van der Waals surface area contributed by atoms with Gasteiger partial charge in [-0.05, 0) is 29.3 Å². The van der Waals surface area contributed by atoms with Crippen LogP contribution in [0.15, 0.2) is 42.5 Å². The highest BCUT2D eigenvalue weighted by molar-refractivity contribution is 6.30. The van der Waals surface area contributed by atoms with E-state index in [1.807, 2.05) is 41.1 Å². The van der Waals surface area contributed by atoms with Crippen molar-refractivity contribution < 1.29 is 9.90 Å². The molecule has 5 rings (SSSR count). The number of rotatable bonds is 2. The number of hydrogen-bond acceptors (Lipinski definition) is 4. The molecule has 1 aliphatic heterocycles. The lowest BCUT2D eigenvalue weighted by Crippen LogP contribution is -2.35. The maximum absolute atomic E-state index is 12.1. The van der Waals surface area contributed by atoms with E-state index in [-0.39, 0.29) is 11.9 Å². The fraction of sp³-hybridized carbons (Fsp3) is 0.292. The summed E-state index contributed by atoms with van der Waals surface area (Å²) >= 11 is 6.27. The van der Waals surface area contributed by atoms with Crippen molar-refractivity contribution in [3.05, 3.63) is 75.4 Å². The molecule has 0 unspecified atom stereocenters. The molecule has 1 N–H and O–H groups in total. The van der Waals surface area contributed by atoms with E-state index in [1.54, 1.807) is 17.9 Å². The van der Waals surface area contributed by atoms with Gasteiger partial charge in [0.05, 0.1) is 23.4 Å². The zero-order valence-corrected chi connectivity index (χ0v) is 17.8. The van der Waals surface area contributed by atoms with Gasteiger partial charge in [0.2, 0.25) is 5.91 Å².